The molecule has 0 atom stereocenters. The largest absolute Gasteiger partial charge is 0.496 e. The van der Waals surface area contributed by atoms with Gasteiger partial charge in [-0.25, -0.2) is 0 Å². The summed E-state index contributed by atoms with van der Waals surface area (Å²) < 4.78 is 11.6. The summed E-state index contributed by atoms with van der Waals surface area (Å²) in [4.78, 5) is 24.6. The first kappa shape index (κ1) is 22.9. The third-order valence-electron chi connectivity index (χ3n) is 3.79. The zero-order valence-electron chi connectivity index (χ0n) is 16.1. The second kappa shape index (κ2) is 11.6. The van der Waals surface area contributed by atoms with E-state index in [1.165, 1.54) is 0 Å². The van der Waals surface area contributed by atoms with Gasteiger partial charge in [-0.15, -0.1) is 0 Å². The summed E-state index contributed by atoms with van der Waals surface area (Å²) >= 11 is 7.15. The Morgan fingerprint density at radius 2 is 1.83 bits per heavy atom. The van der Waals surface area contributed by atoms with E-state index in [1.54, 1.807) is 49.6 Å². The summed E-state index contributed by atoms with van der Waals surface area (Å²) in [5.41, 5.74) is 5.80. The minimum Gasteiger partial charge on any atom is -0.496 e. The SMILES string of the molecule is CCCCOc1cccc(C(=O)NC(=S)NNC(=O)c2ccc(OC)c(I)c2)c1. The molecular formula is C20H22IN3O4S. The summed E-state index contributed by atoms with van der Waals surface area (Å²) in [6.45, 7) is 2.67. The maximum absolute atomic E-state index is 12.3. The molecule has 2 aromatic carbocycles. The van der Waals surface area contributed by atoms with Crippen LogP contribution in [-0.4, -0.2) is 30.6 Å². The van der Waals surface area contributed by atoms with Gasteiger partial charge < -0.3 is 9.47 Å². The number of ether oxygens (including phenoxy) is 2. The van der Waals surface area contributed by atoms with E-state index in [0.717, 1.165) is 16.4 Å². The number of benzene rings is 2. The van der Waals surface area contributed by atoms with Crippen molar-refractivity contribution in [1.29, 1.82) is 0 Å². The Balaban J connectivity index is 1.87. The van der Waals surface area contributed by atoms with Gasteiger partial charge in [0, 0.05) is 11.1 Å². The summed E-state index contributed by atoms with van der Waals surface area (Å²) in [6.07, 6.45) is 1.97. The molecule has 0 aliphatic rings. The molecule has 0 saturated carbocycles. The number of carbonyl (C=O) groups is 2. The predicted octanol–water partition coefficient (Wildman–Crippen LogP) is 3.43. The number of methoxy groups -OCH3 is 1. The Bertz CT molecular complexity index is 892. The molecule has 0 radical (unpaired) electrons. The van der Waals surface area contributed by atoms with E-state index in [0.29, 0.717) is 29.2 Å². The van der Waals surface area contributed by atoms with E-state index in [9.17, 15) is 9.59 Å². The second-order valence-corrected chi connectivity index (χ2v) is 7.51. The van der Waals surface area contributed by atoms with Crippen molar-refractivity contribution in [2.75, 3.05) is 13.7 Å². The van der Waals surface area contributed by atoms with Crippen LogP contribution in [0.15, 0.2) is 42.5 Å². The van der Waals surface area contributed by atoms with Crippen LogP contribution in [-0.2, 0) is 0 Å². The van der Waals surface area contributed by atoms with Crippen molar-refractivity contribution in [2.45, 2.75) is 19.8 Å². The molecule has 0 saturated heterocycles. The van der Waals surface area contributed by atoms with Crippen molar-refractivity contribution in [3.8, 4) is 11.5 Å². The number of carbonyl (C=O) groups excluding carboxylic acids is 2. The van der Waals surface area contributed by atoms with Crippen LogP contribution in [0.2, 0.25) is 0 Å². The fourth-order valence-electron chi connectivity index (χ4n) is 2.26. The van der Waals surface area contributed by atoms with Gasteiger partial charge >= 0.3 is 0 Å². The highest BCUT2D eigenvalue weighted by Gasteiger charge is 2.12. The van der Waals surface area contributed by atoms with Gasteiger partial charge in [0.25, 0.3) is 11.8 Å². The second-order valence-electron chi connectivity index (χ2n) is 5.94. The number of hydrogen-bond donors (Lipinski definition) is 3. The molecule has 0 bridgehead atoms. The third kappa shape index (κ3) is 7.17. The molecule has 2 rings (SSSR count). The molecule has 0 fully saturated rings. The van der Waals surface area contributed by atoms with Gasteiger partial charge in [0.1, 0.15) is 11.5 Å². The Morgan fingerprint density at radius 1 is 1.07 bits per heavy atom. The molecule has 7 nitrogen and oxygen atoms in total. The minimum atomic E-state index is -0.406. The van der Waals surface area contributed by atoms with Crippen LogP contribution in [0.4, 0.5) is 0 Å². The fourth-order valence-corrected chi connectivity index (χ4v) is 3.14. The molecule has 0 heterocycles. The van der Waals surface area contributed by atoms with Crippen LogP contribution >= 0.6 is 34.8 Å². The van der Waals surface area contributed by atoms with Crippen molar-refractivity contribution >= 4 is 51.7 Å². The number of rotatable bonds is 7. The third-order valence-corrected chi connectivity index (χ3v) is 4.84. The van der Waals surface area contributed by atoms with E-state index < -0.39 is 11.8 Å². The first-order valence-corrected chi connectivity index (χ1v) is 10.4. The number of amides is 2. The highest BCUT2D eigenvalue weighted by Crippen LogP contribution is 2.21. The standard InChI is InChI=1S/C20H22IN3O4S/c1-3-4-10-28-15-7-5-6-13(11-15)18(25)22-20(29)24-23-19(26)14-8-9-17(27-2)16(21)12-14/h5-9,11-12H,3-4,10H2,1-2H3,(H,23,26)(H2,22,24,25,29). The van der Waals surface area contributed by atoms with Gasteiger partial charge in [-0.3, -0.25) is 25.8 Å². The number of thiocarbonyl (C=S) groups is 1. The topological polar surface area (TPSA) is 88.7 Å². The Kier molecular flexibility index (Phi) is 9.13. The van der Waals surface area contributed by atoms with Crippen LogP contribution in [0.5, 0.6) is 11.5 Å². The van der Waals surface area contributed by atoms with E-state index in [1.807, 2.05) is 0 Å². The first-order chi connectivity index (χ1) is 13.9. The molecule has 2 amide bonds. The molecule has 154 valence electrons. The molecular weight excluding hydrogens is 505 g/mol. The number of halogens is 1. The summed E-state index contributed by atoms with van der Waals surface area (Å²) in [5, 5.41) is 2.49. The van der Waals surface area contributed by atoms with Crippen molar-refractivity contribution in [3.05, 3.63) is 57.2 Å². The molecule has 0 aliphatic carbocycles. The highest BCUT2D eigenvalue weighted by molar-refractivity contribution is 14.1. The maximum Gasteiger partial charge on any atom is 0.269 e. The van der Waals surface area contributed by atoms with Gasteiger partial charge in [0.15, 0.2) is 5.11 Å². The number of hydrazine groups is 1. The molecule has 0 aliphatic heterocycles. The molecule has 0 spiro atoms. The van der Waals surface area contributed by atoms with Crippen LogP contribution in [0.1, 0.15) is 40.5 Å². The zero-order chi connectivity index (χ0) is 21.2. The molecule has 0 aromatic heterocycles. The van der Waals surface area contributed by atoms with Crippen LogP contribution < -0.4 is 25.6 Å². The van der Waals surface area contributed by atoms with Crippen LogP contribution in [0, 0.1) is 3.57 Å². The Morgan fingerprint density at radius 3 is 2.52 bits per heavy atom. The quantitative estimate of drug-likeness (QED) is 0.222. The van der Waals surface area contributed by atoms with Crippen LogP contribution in [0.25, 0.3) is 0 Å². The number of nitrogens with one attached hydrogen (secondary N) is 3. The maximum atomic E-state index is 12.3. The lowest BCUT2D eigenvalue weighted by Gasteiger charge is -2.12. The van der Waals surface area contributed by atoms with E-state index in [-0.39, 0.29) is 5.11 Å². The van der Waals surface area contributed by atoms with Crippen molar-refractivity contribution in [3.63, 3.8) is 0 Å². The smallest absolute Gasteiger partial charge is 0.269 e. The van der Waals surface area contributed by atoms with Gasteiger partial charge in [0.05, 0.1) is 17.3 Å². The van der Waals surface area contributed by atoms with Gasteiger partial charge in [-0.1, -0.05) is 19.4 Å². The molecule has 3 N–H and O–H groups in total. The Labute approximate surface area is 188 Å². The molecule has 0 unspecified atom stereocenters. The normalized spacial score (nSPS) is 10.0. The van der Waals surface area contributed by atoms with Gasteiger partial charge in [-0.05, 0) is 77.6 Å². The monoisotopic (exact) mass is 527 g/mol. The van der Waals surface area contributed by atoms with E-state index in [4.69, 9.17) is 21.7 Å². The first-order valence-electron chi connectivity index (χ1n) is 8.92. The van der Waals surface area contributed by atoms with Crippen molar-refractivity contribution in [1.82, 2.24) is 16.2 Å². The summed E-state index contributed by atoms with van der Waals surface area (Å²) in [6, 6.07) is 11.8. The molecule has 29 heavy (non-hydrogen) atoms. The highest BCUT2D eigenvalue weighted by atomic mass is 127. The van der Waals surface area contributed by atoms with Crippen molar-refractivity contribution in [2.24, 2.45) is 0 Å². The minimum absolute atomic E-state index is 0.0242. The van der Waals surface area contributed by atoms with Gasteiger partial charge in [-0.2, -0.15) is 0 Å². The summed E-state index contributed by atoms with van der Waals surface area (Å²) in [7, 11) is 1.56. The van der Waals surface area contributed by atoms with E-state index >= 15 is 0 Å². The number of hydrogen-bond acceptors (Lipinski definition) is 5. The van der Waals surface area contributed by atoms with E-state index in [2.05, 4.69) is 45.7 Å². The van der Waals surface area contributed by atoms with Crippen molar-refractivity contribution < 1.29 is 19.1 Å². The molecule has 9 heteroatoms. The number of unbranched alkanes of at least 4 members (excludes halogenated alkanes) is 1. The summed E-state index contributed by atoms with van der Waals surface area (Å²) in [5.74, 6) is 0.497. The lowest BCUT2D eigenvalue weighted by molar-refractivity contribution is 0.0934. The molecule has 2 aromatic rings. The van der Waals surface area contributed by atoms with Crippen LogP contribution in [0.3, 0.4) is 0 Å². The fraction of sp³-hybridized carbons (Fsp3) is 0.250. The Hall–Kier alpha value is -2.40. The zero-order valence-corrected chi connectivity index (χ0v) is 19.1. The average molecular weight is 527 g/mol. The van der Waals surface area contributed by atoms with Gasteiger partial charge in [0.2, 0.25) is 0 Å². The average Bonchev–Trinajstić information content (AvgIpc) is 2.72. The lowest BCUT2D eigenvalue weighted by atomic mass is 10.2. The predicted molar refractivity (Wildman–Crippen MR) is 123 cm³/mol. The lowest BCUT2D eigenvalue weighted by Crippen LogP contribution is -2.48.